The van der Waals surface area contributed by atoms with Crippen LogP contribution in [0.25, 0.3) is 4.85 Å². The van der Waals surface area contributed by atoms with Crippen molar-refractivity contribution >= 4 is 11.6 Å². The Balaban J connectivity index is 2.89. The number of nitrogens with zero attached hydrogens (tertiary/aromatic N) is 3. The molecular formula is C7H10N4O. The zero-order valence-corrected chi connectivity index (χ0v) is 6.73. The molecule has 0 aliphatic carbocycles. The maximum Gasteiger partial charge on any atom is 0.311 e. The summed E-state index contributed by atoms with van der Waals surface area (Å²) in [4.78, 5) is 6.87. The van der Waals surface area contributed by atoms with Gasteiger partial charge >= 0.3 is 5.82 Å². The van der Waals surface area contributed by atoms with Gasteiger partial charge in [0.25, 0.3) is 0 Å². The van der Waals surface area contributed by atoms with Crippen LogP contribution in [0.2, 0.25) is 0 Å². The first-order chi connectivity index (χ1) is 5.65. The smallest absolute Gasteiger partial charge is 0.311 e. The molecule has 0 fully saturated rings. The van der Waals surface area contributed by atoms with Gasteiger partial charge in [-0.05, 0) is 6.92 Å². The molecule has 1 aromatic rings. The first kappa shape index (κ1) is 8.56. The number of hydrogen-bond acceptors (Lipinski definition) is 3. The summed E-state index contributed by atoms with van der Waals surface area (Å²) in [6.45, 7) is 8.71. The molecule has 1 atom stereocenters. The lowest BCUT2D eigenvalue weighted by molar-refractivity contribution is 0.174. The molecule has 0 amide bonds. The normalized spacial score (nSPS) is 12.4. The van der Waals surface area contributed by atoms with Crippen molar-refractivity contribution in [1.82, 2.24) is 9.55 Å². The van der Waals surface area contributed by atoms with Crippen LogP contribution in [-0.4, -0.2) is 20.8 Å². The molecule has 1 rings (SSSR count). The van der Waals surface area contributed by atoms with Crippen LogP contribution in [0.15, 0.2) is 6.33 Å². The summed E-state index contributed by atoms with van der Waals surface area (Å²) in [6.07, 6.45) is 0.968. The highest BCUT2D eigenvalue weighted by Gasteiger charge is 2.08. The van der Waals surface area contributed by atoms with Crippen molar-refractivity contribution in [2.45, 2.75) is 19.6 Å². The second-order valence-corrected chi connectivity index (χ2v) is 2.57. The number of aliphatic hydroxyl groups is 1. The fourth-order valence-corrected chi connectivity index (χ4v) is 0.897. The van der Waals surface area contributed by atoms with E-state index in [1.54, 1.807) is 11.5 Å². The summed E-state index contributed by atoms with van der Waals surface area (Å²) < 4.78 is 1.55. The van der Waals surface area contributed by atoms with E-state index in [1.807, 2.05) is 0 Å². The maximum atomic E-state index is 9.03. The molecule has 0 saturated heterocycles. The van der Waals surface area contributed by atoms with E-state index >= 15 is 0 Å². The maximum absolute atomic E-state index is 9.03. The van der Waals surface area contributed by atoms with E-state index in [1.165, 1.54) is 6.33 Å². The van der Waals surface area contributed by atoms with E-state index in [4.69, 9.17) is 17.4 Å². The van der Waals surface area contributed by atoms with Crippen LogP contribution in [-0.2, 0) is 6.54 Å². The van der Waals surface area contributed by atoms with Gasteiger partial charge in [0, 0.05) is 0 Å². The molecule has 64 valence electrons. The van der Waals surface area contributed by atoms with E-state index in [-0.39, 0.29) is 5.82 Å². The second kappa shape index (κ2) is 3.24. The number of hydrogen-bond donors (Lipinski definition) is 2. The van der Waals surface area contributed by atoms with E-state index in [0.717, 1.165) is 0 Å². The Morgan fingerprint density at radius 1 is 1.92 bits per heavy atom. The number of nitrogens with two attached hydrogens (primary N) is 1. The molecule has 1 heterocycles. The Morgan fingerprint density at radius 2 is 2.58 bits per heavy atom. The van der Waals surface area contributed by atoms with Gasteiger partial charge < -0.3 is 20.3 Å². The topological polar surface area (TPSA) is 68.4 Å². The summed E-state index contributed by atoms with van der Waals surface area (Å²) in [5, 5.41) is 9.03. The number of rotatable bonds is 2. The van der Waals surface area contributed by atoms with Gasteiger partial charge in [0.15, 0.2) is 6.33 Å². The van der Waals surface area contributed by atoms with Gasteiger partial charge in [0.1, 0.15) is 5.82 Å². The third kappa shape index (κ3) is 1.54. The summed E-state index contributed by atoms with van der Waals surface area (Å²) in [6, 6.07) is 0. The van der Waals surface area contributed by atoms with Gasteiger partial charge in [0.2, 0.25) is 0 Å². The first-order valence-corrected chi connectivity index (χ1v) is 3.51. The van der Waals surface area contributed by atoms with Gasteiger partial charge in [-0.25, -0.2) is 0 Å². The lowest BCUT2D eigenvalue weighted by Crippen LogP contribution is -2.12. The zero-order chi connectivity index (χ0) is 9.14. The van der Waals surface area contributed by atoms with Gasteiger partial charge in [-0.2, -0.15) is 0 Å². The molecule has 0 unspecified atom stereocenters. The minimum absolute atomic E-state index is 0.190. The molecule has 0 aliphatic rings. The highest BCUT2D eigenvalue weighted by Crippen LogP contribution is 2.18. The minimum Gasteiger partial charge on any atom is -0.392 e. The molecule has 5 heteroatoms. The summed E-state index contributed by atoms with van der Waals surface area (Å²) in [5.74, 6) is 0.501. The Bertz CT molecular complexity index is 310. The van der Waals surface area contributed by atoms with Crippen molar-refractivity contribution in [3.63, 3.8) is 0 Å². The average Bonchev–Trinajstić information content (AvgIpc) is 2.32. The Kier molecular flexibility index (Phi) is 2.31. The van der Waals surface area contributed by atoms with Gasteiger partial charge in [-0.1, -0.05) is 6.57 Å². The molecule has 0 saturated carbocycles. The van der Waals surface area contributed by atoms with Crippen molar-refractivity contribution in [2.75, 3.05) is 5.73 Å². The molecule has 12 heavy (non-hydrogen) atoms. The third-order valence-electron chi connectivity index (χ3n) is 1.42. The van der Waals surface area contributed by atoms with Crippen LogP contribution in [0, 0.1) is 6.57 Å². The van der Waals surface area contributed by atoms with Crippen molar-refractivity contribution in [3.05, 3.63) is 17.7 Å². The predicted molar refractivity (Wildman–Crippen MR) is 44.6 cm³/mol. The monoisotopic (exact) mass is 166 g/mol. The van der Waals surface area contributed by atoms with Crippen molar-refractivity contribution in [3.8, 4) is 0 Å². The van der Waals surface area contributed by atoms with E-state index in [0.29, 0.717) is 12.4 Å². The molecule has 3 N–H and O–H groups in total. The quantitative estimate of drug-likeness (QED) is 0.625. The zero-order valence-electron chi connectivity index (χ0n) is 6.73. The number of anilines is 1. The van der Waals surface area contributed by atoms with E-state index < -0.39 is 6.10 Å². The number of aromatic nitrogens is 2. The van der Waals surface area contributed by atoms with Crippen molar-refractivity contribution in [2.24, 2.45) is 0 Å². The van der Waals surface area contributed by atoms with E-state index in [2.05, 4.69) is 9.83 Å². The van der Waals surface area contributed by atoms with Crippen LogP contribution < -0.4 is 5.73 Å². The van der Waals surface area contributed by atoms with Crippen molar-refractivity contribution in [1.29, 1.82) is 0 Å². The lowest BCUT2D eigenvalue weighted by atomic mass is 10.4. The lowest BCUT2D eigenvalue weighted by Gasteiger charge is -2.05. The minimum atomic E-state index is -0.486. The largest absolute Gasteiger partial charge is 0.392 e. The first-order valence-electron chi connectivity index (χ1n) is 3.51. The summed E-state index contributed by atoms with van der Waals surface area (Å²) >= 11 is 0. The molecule has 0 aliphatic heterocycles. The third-order valence-corrected chi connectivity index (χ3v) is 1.42. The number of aliphatic hydroxyl groups excluding tert-OH is 1. The highest BCUT2D eigenvalue weighted by molar-refractivity contribution is 5.57. The molecule has 0 spiro atoms. The predicted octanol–water partition coefficient (Wildman–Crippen LogP) is 0.397. The highest BCUT2D eigenvalue weighted by atomic mass is 16.3. The Morgan fingerprint density at radius 3 is 3.00 bits per heavy atom. The molecule has 0 radical (unpaired) electrons. The molecule has 0 aromatic carbocycles. The summed E-state index contributed by atoms with van der Waals surface area (Å²) in [5.41, 5.74) is 5.54. The second-order valence-electron chi connectivity index (χ2n) is 2.57. The SMILES string of the molecule is [C-]#[N+]c1ncn(C[C@@H](C)O)c1N. The standard InChI is InChI=1S/C7H10N4O/c1-5(12)3-11-4-10-7(9-2)6(11)8/h4-5,12H,3,8H2,1H3/t5-/m1/s1. The van der Waals surface area contributed by atoms with Gasteiger partial charge in [0.05, 0.1) is 12.6 Å². The Hall–Kier alpha value is -1.54. The molecule has 5 nitrogen and oxygen atoms in total. The van der Waals surface area contributed by atoms with Crippen LogP contribution in [0.3, 0.4) is 0 Å². The molecular weight excluding hydrogens is 156 g/mol. The van der Waals surface area contributed by atoms with E-state index in [9.17, 15) is 0 Å². The fourth-order valence-electron chi connectivity index (χ4n) is 0.897. The van der Waals surface area contributed by atoms with Crippen LogP contribution in [0.1, 0.15) is 6.92 Å². The van der Waals surface area contributed by atoms with Crippen molar-refractivity contribution < 1.29 is 5.11 Å². The van der Waals surface area contributed by atoms with Gasteiger partial charge in [-0.15, -0.1) is 4.98 Å². The Labute approximate surface area is 70.3 Å². The van der Waals surface area contributed by atoms with Crippen LogP contribution in [0.5, 0.6) is 0 Å². The van der Waals surface area contributed by atoms with Crippen LogP contribution in [0.4, 0.5) is 11.6 Å². The summed E-state index contributed by atoms with van der Waals surface area (Å²) in [7, 11) is 0. The molecule has 1 aromatic heterocycles. The number of imidazole rings is 1. The molecule has 0 bridgehead atoms. The average molecular weight is 166 g/mol. The fraction of sp³-hybridized carbons (Fsp3) is 0.429. The van der Waals surface area contributed by atoms with Gasteiger partial charge in [-0.3, -0.25) is 0 Å². The van der Waals surface area contributed by atoms with Crippen LogP contribution >= 0.6 is 0 Å². The number of nitrogen functional groups attached to an aromatic ring is 1.